The number of aliphatic imine (C=N–C) groups is 1. The van der Waals surface area contributed by atoms with Crippen LogP contribution in [0.2, 0.25) is 0 Å². The van der Waals surface area contributed by atoms with Crippen LogP contribution in [-0.2, 0) is 5.41 Å². The third-order valence-electron chi connectivity index (χ3n) is 3.38. The predicted molar refractivity (Wildman–Crippen MR) is 57.1 cm³/mol. The highest BCUT2D eigenvalue weighted by Crippen LogP contribution is 2.57. The molecule has 0 saturated carbocycles. The Morgan fingerprint density at radius 2 is 2.07 bits per heavy atom. The van der Waals surface area contributed by atoms with Crippen molar-refractivity contribution in [2.45, 2.75) is 5.41 Å². The first kappa shape index (κ1) is 7.35. The topological polar surface area (TPSA) is 29.4 Å². The maximum Gasteiger partial charge on any atom is 0.188 e. The van der Waals surface area contributed by atoms with E-state index in [4.69, 9.17) is 0 Å². The molecule has 70 valence electrons. The lowest BCUT2D eigenvalue weighted by Gasteiger charge is -2.22. The minimum Gasteiger partial charge on any atom is -0.289 e. The van der Waals surface area contributed by atoms with Crippen LogP contribution >= 0.6 is 0 Å². The van der Waals surface area contributed by atoms with E-state index in [-0.39, 0.29) is 11.2 Å². The van der Waals surface area contributed by atoms with E-state index in [1.54, 1.807) is 6.08 Å². The van der Waals surface area contributed by atoms with Crippen molar-refractivity contribution in [2.24, 2.45) is 4.99 Å². The molecule has 2 aliphatic carbocycles. The van der Waals surface area contributed by atoms with E-state index in [1.165, 1.54) is 5.57 Å². The van der Waals surface area contributed by atoms with E-state index in [2.05, 4.69) is 11.1 Å². The van der Waals surface area contributed by atoms with Crippen LogP contribution < -0.4 is 0 Å². The molecule has 15 heavy (non-hydrogen) atoms. The summed E-state index contributed by atoms with van der Waals surface area (Å²) in [7, 11) is 0. The Kier molecular flexibility index (Phi) is 0.983. The fourth-order valence-corrected chi connectivity index (χ4v) is 2.57. The smallest absolute Gasteiger partial charge is 0.188 e. The second-order valence-corrected chi connectivity index (χ2v) is 4.11. The SMILES string of the molecule is O=C1C=C2N=CC3=CC32c2ccccc21. The summed E-state index contributed by atoms with van der Waals surface area (Å²) in [6.07, 6.45) is 5.70. The molecule has 1 atom stereocenters. The molecule has 1 aromatic rings. The average molecular weight is 193 g/mol. The highest BCUT2D eigenvalue weighted by Gasteiger charge is 2.54. The summed E-state index contributed by atoms with van der Waals surface area (Å²) in [5.41, 5.74) is 3.91. The minimum absolute atomic E-state index is 0.0740. The number of fused-ring (bicyclic) bond motifs is 1. The van der Waals surface area contributed by atoms with Gasteiger partial charge in [0.1, 0.15) is 0 Å². The van der Waals surface area contributed by atoms with E-state index in [1.807, 2.05) is 30.5 Å². The first-order chi connectivity index (χ1) is 7.32. The number of hydrogen-bond acceptors (Lipinski definition) is 2. The van der Waals surface area contributed by atoms with E-state index < -0.39 is 0 Å². The van der Waals surface area contributed by atoms with Crippen molar-refractivity contribution in [1.82, 2.24) is 0 Å². The molecule has 0 aromatic heterocycles. The molecule has 1 unspecified atom stereocenters. The quantitative estimate of drug-likeness (QED) is 0.619. The summed E-state index contributed by atoms with van der Waals surface area (Å²) < 4.78 is 0. The summed E-state index contributed by atoms with van der Waals surface area (Å²) in [5, 5.41) is 0. The molecule has 0 bridgehead atoms. The van der Waals surface area contributed by atoms with E-state index >= 15 is 0 Å². The minimum atomic E-state index is -0.121. The molecule has 1 aromatic carbocycles. The number of ketones is 1. The number of benzene rings is 1. The number of allylic oxidation sites excluding steroid dienone is 2. The van der Waals surface area contributed by atoms with Crippen LogP contribution in [0.3, 0.4) is 0 Å². The molecule has 0 radical (unpaired) electrons. The number of dihydropyridines is 1. The first-order valence-corrected chi connectivity index (χ1v) is 4.96. The van der Waals surface area contributed by atoms with Gasteiger partial charge in [0.25, 0.3) is 0 Å². The van der Waals surface area contributed by atoms with E-state index in [0.717, 1.165) is 16.8 Å². The van der Waals surface area contributed by atoms with Gasteiger partial charge in [0.05, 0.1) is 11.1 Å². The van der Waals surface area contributed by atoms with Gasteiger partial charge in [0.2, 0.25) is 0 Å². The van der Waals surface area contributed by atoms with Crippen LogP contribution in [-0.4, -0.2) is 12.0 Å². The lowest BCUT2D eigenvalue weighted by Crippen LogP contribution is -2.21. The second kappa shape index (κ2) is 2.01. The van der Waals surface area contributed by atoms with Crippen molar-refractivity contribution < 1.29 is 4.79 Å². The zero-order valence-electron chi connectivity index (χ0n) is 7.90. The Morgan fingerprint density at radius 1 is 1.20 bits per heavy atom. The summed E-state index contributed by atoms with van der Waals surface area (Å²) in [5.74, 6) is 0.0740. The molecule has 2 heteroatoms. The van der Waals surface area contributed by atoms with Crippen LogP contribution in [0.4, 0.5) is 0 Å². The van der Waals surface area contributed by atoms with Gasteiger partial charge in [-0.1, -0.05) is 30.3 Å². The maximum atomic E-state index is 11.8. The Morgan fingerprint density at radius 3 is 2.93 bits per heavy atom. The third kappa shape index (κ3) is 0.655. The van der Waals surface area contributed by atoms with Crippen molar-refractivity contribution in [3.05, 3.63) is 58.8 Å². The Balaban J connectivity index is 2.08. The van der Waals surface area contributed by atoms with Crippen molar-refractivity contribution >= 4 is 12.0 Å². The zero-order chi connectivity index (χ0) is 10.0. The lowest BCUT2D eigenvalue weighted by molar-refractivity contribution is 0.104. The Labute approximate surface area is 86.6 Å². The van der Waals surface area contributed by atoms with Crippen LogP contribution in [0, 0.1) is 0 Å². The van der Waals surface area contributed by atoms with Crippen molar-refractivity contribution in [1.29, 1.82) is 0 Å². The van der Waals surface area contributed by atoms with Crippen molar-refractivity contribution in [3.63, 3.8) is 0 Å². The zero-order valence-corrected chi connectivity index (χ0v) is 7.90. The van der Waals surface area contributed by atoms with Crippen LogP contribution in [0.15, 0.2) is 52.7 Å². The molecule has 0 fully saturated rings. The number of carbonyl (C=O) groups is 1. The Hall–Kier alpha value is -1.96. The van der Waals surface area contributed by atoms with Gasteiger partial charge in [-0.05, 0) is 11.1 Å². The summed E-state index contributed by atoms with van der Waals surface area (Å²) in [6, 6.07) is 7.80. The van der Waals surface area contributed by atoms with Gasteiger partial charge in [-0.3, -0.25) is 9.79 Å². The number of carbonyl (C=O) groups excluding carboxylic acids is 1. The van der Waals surface area contributed by atoms with E-state index in [9.17, 15) is 4.79 Å². The summed E-state index contributed by atoms with van der Waals surface area (Å²) in [4.78, 5) is 16.1. The molecule has 2 nitrogen and oxygen atoms in total. The molecule has 1 spiro atoms. The van der Waals surface area contributed by atoms with Gasteiger partial charge in [0, 0.05) is 17.9 Å². The molecular weight excluding hydrogens is 186 g/mol. The largest absolute Gasteiger partial charge is 0.289 e. The van der Waals surface area contributed by atoms with Gasteiger partial charge in [-0.2, -0.15) is 0 Å². The molecule has 3 aliphatic rings. The molecule has 0 N–H and O–H groups in total. The van der Waals surface area contributed by atoms with Gasteiger partial charge in [-0.25, -0.2) is 0 Å². The summed E-state index contributed by atoms with van der Waals surface area (Å²) in [6.45, 7) is 0. The monoisotopic (exact) mass is 193 g/mol. The van der Waals surface area contributed by atoms with Crippen LogP contribution in [0.25, 0.3) is 0 Å². The van der Waals surface area contributed by atoms with Gasteiger partial charge in [-0.15, -0.1) is 0 Å². The number of nitrogens with zero attached hydrogens (tertiary/aromatic N) is 1. The predicted octanol–water partition coefficient (Wildman–Crippen LogP) is 2.03. The van der Waals surface area contributed by atoms with Crippen LogP contribution in [0.5, 0.6) is 0 Å². The molecular formula is C13H7NO. The van der Waals surface area contributed by atoms with Crippen LogP contribution in [0.1, 0.15) is 15.9 Å². The Bertz CT molecular complexity index is 607. The number of hydrogen-bond donors (Lipinski definition) is 0. The van der Waals surface area contributed by atoms with Crippen molar-refractivity contribution in [2.75, 3.05) is 0 Å². The lowest BCUT2D eigenvalue weighted by atomic mass is 9.80. The molecule has 1 aliphatic heterocycles. The summed E-state index contributed by atoms with van der Waals surface area (Å²) >= 11 is 0. The molecule has 1 heterocycles. The van der Waals surface area contributed by atoms with Gasteiger partial charge < -0.3 is 0 Å². The molecule has 0 amide bonds. The fraction of sp³-hybridized carbons (Fsp3) is 0.0769. The highest BCUT2D eigenvalue weighted by molar-refractivity contribution is 6.13. The first-order valence-electron chi connectivity index (χ1n) is 4.96. The standard InChI is InChI=1S/C13H7NO/c15-11-5-12-13(6-8(13)7-14-12)10-4-2-1-3-9(10)11/h1-7H. The average Bonchev–Trinajstić information content (AvgIpc) is 2.89. The number of rotatable bonds is 0. The van der Waals surface area contributed by atoms with Crippen molar-refractivity contribution in [3.8, 4) is 0 Å². The normalized spacial score (nSPS) is 28.9. The maximum absolute atomic E-state index is 11.8. The van der Waals surface area contributed by atoms with E-state index in [0.29, 0.717) is 0 Å². The molecule has 4 rings (SSSR count). The third-order valence-corrected chi connectivity index (χ3v) is 3.38. The fourth-order valence-electron chi connectivity index (χ4n) is 2.57. The highest BCUT2D eigenvalue weighted by atomic mass is 16.1. The van der Waals surface area contributed by atoms with Gasteiger partial charge >= 0.3 is 0 Å². The second-order valence-electron chi connectivity index (χ2n) is 4.11. The molecule has 0 saturated heterocycles. The van der Waals surface area contributed by atoms with Gasteiger partial charge in [0.15, 0.2) is 5.78 Å².